The van der Waals surface area contributed by atoms with E-state index in [4.69, 9.17) is 0 Å². The second-order valence-corrected chi connectivity index (χ2v) is 3.16. The molecule has 0 aliphatic heterocycles. The molecule has 1 aromatic heterocycles. The summed E-state index contributed by atoms with van der Waals surface area (Å²) in [7, 11) is 0. The van der Waals surface area contributed by atoms with Crippen LogP contribution in [0.5, 0.6) is 0 Å². The molecule has 0 spiro atoms. The molecule has 1 nitrogen and oxygen atoms in total. The fourth-order valence-electron chi connectivity index (χ4n) is 1.44. The van der Waals surface area contributed by atoms with Crippen molar-refractivity contribution in [1.82, 2.24) is 4.98 Å². The van der Waals surface area contributed by atoms with Gasteiger partial charge in [-0.25, -0.2) is 0 Å². The molecule has 0 amide bonds. The van der Waals surface area contributed by atoms with E-state index in [2.05, 4.69) is 37.9 Å². The number of hydrogen-bond donors (Lipinski definition) is 0. The first kappa shape index (κ1) is 9.24. The van der Waals surface area contributed by atoms with Gasteiger partial charge in [-0.2, -0.15) is 0 Å². The molecule has 1 heteroatoms. The van der Waals surface area contributed by atoms with E-state index in [0.29, 0.717) is 0 Å². The number of aromatic nitrogens is 1. The van der Waals surface area contributed by atoms with Gasteiger partial charge in [0.25, 0.3) is 0 Å². The Morgan fingerprint density at radius 2 is 2.00 bits per heavy atom. The Hall–Kier alpha value is -0.850. The van der Waals surface area contributed by atoms with Crippen molar-refractivity contribution in [3.63, 3.8) is 0 Å². The minimum atomic E-state index is 1.05. The van der Waals surface area contributed by atoms with Crippen LogP contribution in [0.4, 0.5) is 0 Å². The van der Waals surface area contributed by atoms with Crippen LogP contribution in [-0.4, -0.2) is 4.98 Å². The average Bonchev–Trinajstić information content (AvgIpc) is 2.08. The van der Waals surface area contributed by atoms with Crippen molar-refractivity contribution in [3.05, 3.63) is 29.1 Å². The maximum atomic E-state index is 4.51. The van der Waals surface area contributed by atoms with Crippen LogP contribution in [0.3, 0.4) is 0 Å². The van der Waals surface area contributed by atoms with Crippen LogP contribution in [0.15, 0.2) is 12.1 Å². The van der Waals surface area contributed by atoms with Crippen molar-refractivity contribution in [1.29, 1.82) is 0 Å². The highest BCUT2D eigenvalue weighted by molar-refractivity contribution is 5.22. The molecule has 0 aliphatic rings. The lowest BCUT2D eigenvalue weighted by Crippen LogP contribution is -1.97. The van der Waals surface area contributed by atoms with Gasteiger partial charge in [-0.3, -0.25) is 4.98 Å². The summed E-state index contributed by atoms with van der Waals surface area (Å²) in [4.78, 5) is 4.51. The van der Waals surface area contributed by atoms with Crippen molar-refractivity contribution >= 4 is 0 Å². The van der Waals surface area contributed by atoms with Gasteiger partial charge in [0, 0.05) is 11.4 Å². The number of pyridine rings is 1. The van der Waals surface area contributed by atoms with Gasteiger partial charge in [0.05, 0.1) is 0 Å². The molecule has 0 radical (unpaired) electrons. The quantitative estimate of drug-likeness (QED) is 0.667. The SMILES string of the molecule is CCCc1ccc(C)nc1CC. The highest BCUT2D eigenvalue weighted by Gasteiger charge is 2.00. The number of rotatable bonds is 3. The van der Waals surface area contributed by atoms with Gasteiger partial charge < -0.3 is 0 Å². The minimum absolute atomic E-state index is 1.05. The zero-order valence-electron chi connectivity index (χ0n) is 8.22. The number of aryl methyl sites for hydroxylation is 3. The molecule has 0 aliphatic carbocycles. The van der Waals surface area contributed by atoms with Gasteiger partial charge in [0.2, 0.25) is 0 Å². The Morgan fingerprint density at radius 1 is 1.25 bits per heavy atom. The highest BCUT2D eigenvalue weighted by Crippen LogP contribution is 2.10. The number of hydrogen-bond acceptors (Lipinski definition) is 1. The van der Waals surface area contributed by atoms with Crippen LogP contribution < -0.4 is 0 Å². The number of nitrogens with zero attached hydrogens (tertiary/aromatic N) is 1. The van der Waals surface area contributed by atoms with Crippen molar-refractivity contribution in [3.8, 4) is 0 Å². The van der Waals surface area contributed by atoms with Gasteiger partial charge in [-0.1, -0.05) is 26.3 Å². The lowest BCUT2D eigenvalue weighted by atomic mass is 10.1. The fraction of sp³-hybridized carbons (Fsp3) is 0.545. The maximum absolute atomic E-state index is 4.51. The van der Waals surface area contributed by atoms with Gasteiger partial charge in [-0.15, -0.1) is 0 Å². The van der Waals surface area contributed by atoms with E-state index in [1.807, 2.05) is 0 Å². The molecule has 0 unspecified atom stereocenters. The molecule has 0 saturated carbocycles. The summed E-state index contributed by atoms with van der Waals surface area (Å²) in [5, 5.41) is 0. The molecule has 1 aromatic rings. The minimum Gasteiger partial charge on any atom is -0.258 e. The second-order valence-electron chi connectivity index (χ2n) is 3.16. The van der Waals surface area contributed by atoms with Crippen molar-refractivity contribution < 1.29 is 0 Å². The van der Waals surface area contributed by atoms with E-state index in [-0.39, 0.29) is 0 Å². The molecule has 0 bridgehead atoms. The Labute approximate surface area is 74.8 Å². The van der Waals surface area contributed by atoms with E-state index >= 15 is 0 Å². The zero-order chi connectivity index (χ0) is 8.97. The first-order valence-electron chi connectivity index (χ1n) is 4.73. The Bertz CT molecular complexity index is 253. The Morgan fingerprint density at radius 3 is 2.58 bits per heavy atom. The van der Waals surface area contributed by atoms with E-state index in [1.54, 1.807) is 0 Å². The third kappa shape index (κ3) is 2.07. The largest absolute Gasteiger partial charge is 0.258 e. The van der Waals surface area contributed by atoms with Crippen LogP contribution in [0.1, 0.15) is 37.2 Å². The summed E-state index contributed by atoms with van der Waals surface area (Å²) in [5.41, 5.74) is 3.83. The van der Waals surface area contributed by atoms with Crippen LogP contribution in [0.25, 0.3) is 0 Å². The van der Waals surface area contributed by atoms with E-state index in [1.165, 1.54) is 17.7 Å². The van der Waals surface area contributed by atoms with E-state index in [0.717, 1.165) is 18.5 Å². The smallest absolute Gasteiger partial charge is 0.0435 e. The molecular formula is C11H17N. The molecule has 1 heterocycles. The fourth-order valence-corrected chi connectivity index (χ4v) is 1.44. The van der Waals surface area contributed by atoms with Gasteiger partial charge in [0.1, 0.15) is 0 Å². The molecule has 1 rings (SSSR count). The molecule has 0 saturated heterocycles. The molecular weight excluding hydrogens is 146 g/mol. The normalized spacial score (nSPS) is 10.2. The van der Waals surface area contributed by atoms with Crippen molar-refractivity contribution in [2.24, 2.45) is 0 Å². The first-order chi connectivity index (χ1) is 5.77. The summed E-state index contributed by atoms with van der Waals surface area (Å²) >= 11 is 0. The lowest BCUT2D eigenvalue weighted by Gasteiger charge is -2.05. The van der Waals surface area contributed by atoms with Crippen LogP contribution >= 0.6 is 0 Å². The van der Waals surface area contributed by atoms with Gasteiger partial charge in [-0.05, 0) is 31.4 Å². The Balaban J connectivity index is 2.94. The third-order valence-electron chi connectivity index (χ3n) is 2.06. The van der Waals surface area contributed by atoms with Gasteiger partial charge in [0.15, 0.2) is 0 Å². The second kappa shape index (κ2) is 4.24. The maximum Gasteiger partial charge on any atom is 0.0435 e. The standard InChI is InChI=1S/C11H17N/c1-4-6-10-8-7-9(3)12-11(10)5-2/h7-8H,4-6H2,1-3H3. The summed E-state index contributed by atoms with van der Waals surface area (Å²) < 4.78 is 0. The summed E-state index contributed by atoms with van der Waals surface area (Å²) in [6.45, 7) is 6.43. The predicted octanol–water partition coefficient (Wildman–Crippen LogP) is 2.90. The zero-order valence-corrected chi connectivity index (χ0v) is 8.22. The summed E-state index contributed by atoms with van der Waals surface area (Å²) in [6, 6.07) is 4.31. The third-order valence-corrected chi connectivity index (χ3v) is 2.06. The molecule has 0 N–H and O–H groups in total. The lowest BCUT2D eigenvalue weighted by molar-refractivity contribution is 0.869. The van der Waals surface area contributed by atoms with E-state index in [9.17, 15) is 0 Å². The molecule has 0 fully saturated rings. The molecule has 66 valence electrons. The van der Waals surface area contributed by atoms with E-state index < -0.39 is 0 Å². The van der Waals surface area contributed by atoms with Crippen LogP contribution in [-0.2, 0) is 12.8 Å². The molecule has 12 heavy (non-hydrogen) atoms. The Kier molecular flexibility index (Phi) is 3.27. The molecule has 0 aromatic carbocycles. The summed E-state index contributed by atoms with van der Waals surface area (Å²) in [6.07, 6.45) is 3.42. The summed E-state index contributed by atoms with van der Waals surface area (Å²) in [5.74, 6) is 0. The molecule has 0 atom stereocenters. The van der Waals surface area contributed by atoms with Crippen molar-refractivity contribution in [2.75, 3.05) is 0 Å². The first-order valence-corrected chi connectivity index (χ1v) is 4.73. The topological polar surface area (TPSA) is 12.9 Å². The monoisotopic (exact) mass is 163 g/mol. The van der Waals surface area contributed by atoms with Crippen LogP contribution in [0.2, 0.25) is 0 Å². The predicted molar refractivity (Wildman–Crippen MR) is 52.3 cm³/mol. The van der Waals surface area contributed by atoms with Crippen molar-refractivity contribution in [2.45, 2.75) is 40.0 Å². The van der Waals surface area contributed by atoms with Crippen LogP contribution in [0, 0.1) is 6.92 Å². The highest BCUT2D eigenvalue weighted by atomic mass is 14.7. The van der Waals surface area contributed by atoms with Gasteiger partial charge >= 0.3 is 0 Å². The average molecular weight is 163 g/mol.